The number of carbonyl (C=O) groups excluding carboxylic acids is 3. The normalized spacial score (nSPS) is 27.4. The van der Waals surface area contributed by atoms with Crippen molar-refractivity contribution < 1.29 is 18.8 Å². The SMILES string of the molecule is CC(=O)N1CC2CCC(C(=O)N3CC(F)CC3C(=O)NC(c3ccccc3)c3ccc(C(C)C)cc3)C2C1. The highest BCUT2D eigenvalue weighted by atomic mass is 19.1. The summed E-state index contributed by atoms with van der Waals surface area (Å²) in [5, 5.41) is 3.15. The van der Waals surface area contributed by atoms with Gasteiger partial charge in [-0.25, -0.2) is 4.39 Å². The molecule has 1 aliphatic carbocycles. The summed E-state index contributed by atoms with van der Waals surface area (Å²) in [5.74, 6) is 0.0866. The molecule has 7 heteroatoms. The number of hydrogen-bond donors (Lipinski definition) is 1. The van der Waals surface area contributed by atoms with Crippen LogP contribution in [0.3, 0.4) is 0 Å². The topological polar surface area (TPSA) is 69.7 Å². The van der Waals surface area contributed by atoms with E-state index in [0.717, 1.165) is 24.0 Å². The average Bonchev–Trinajstić information content (AvgIpc) is 3.61. The summed E-state index contributed by atoms with van der Waals surface area (Å²) in [6.45, 7) is 7.04. The molecule has 0 spiro atoms. The van der Waals surface area contributed by atoms with Gasteiger partial charge < -0.3 is 15.1 Å². The lowest BCUT2D eigenvalue weighted by atomic mass is 9.91. The van der Waals surface area contributed by atoms with E-state index in [1.807, 2.05) is 47.4 Å². The van der Waals surface area contributed by atoms with Crippen molar-refractivity contribution in [3.63, 3.8) is 0 Å². The lowest BCUT2D eigenvalue weighted by Gasteiger charge is -2.30. The predicted molar refractivity (Wildman–Crippen MR) is 144 cm³/mol. The highest BCUT2D eigenvalue weighted by Crippen LogP contribution is 2.44. The molecule has 2 saturated heterocycles. The molecular weight excluding hydrogens is 481 g/mol. The first-order valence-corrected chi connectivity index (χ1v) is 13.9. The van der Waals surface area contributed by atoms with Crippen molar-refractivity contribution in [2.75, 3.05) is 19.6 Å². The van der Waals surface area contributed by atoms with E-state index in [9.17, 15) is 18.8 Å². The molecule has 2 aromatic carbocycles. The summed E-state index contributed by atoms with van der Waals surface area (Å²) >= 11 is 0. The van der Waals surface area contributed by atoms with Crippen LogP contribution in [0.15, 0.2) is 54.6 Å². The van der Waals surface area contributed by atoms with Crippen LogP contribution in [0.4, 0.5) is 4.39 Å². The number of carbonyl (C=O) groups is 3. The first-order valence-electron chi connectivity index (χ1n) is 13.9. The lowest BCUT2D eigenvalue weighted by Crippen LogP contribution is -2.49. The van der Waals surface area contributed by atoms with Crippen LogP contribution >= 0.6 is 0 Å². The first kappa shape index (κ1) is 26.4. The Hall–Kier alpha value is -3.22. The summed E-state index contributed by atoms with van der Waals surface area (Å²) in [5.41, 5.74) is 3.08. The number of amides is 3. The largest absolute Gasteiger partial charge is 0.343 e. The number of nitrogens with one attached hydrogen (secondary N) is 1. The van der Waals surface area contributed by atoms with E-state index in [1.54, 1.807) is 6.92 Å². The Morgan fingerprint density at radius 2 is 1.55 bits per heavy atom. The molecule has 0 radical (unpaired) electrons. The molecule has 38 heavy (non-hydrogen) atoms. The third-order valence-electron chi connectivity index (χ3n) is 8.81. The predicted octanol–water partition coefficient (Wildman–Crippen LogP) is 4.46. The van der Waals surface area contributed by atoms with Crippen LogP contribution in [0.2, 0.25) is 0 Å². The van der Waals surface area contributed by atoms with Crippen molar-refractivity contribution in [2.45, 2.75) is 64.2 Å². The zero-order valence-electron chi connectivity index (χ0n) is 22.5. The van der Waals surface area contributed by atoms with Crippen molar-refractivity contribution >= 4 is 17.7 Å². The molecule has 2 aromatic rings. The van der Waals surface area contributed by atoms with Gasteiger partial charge in [-0.05, 0) is 47.3 Å². The fourth-order valence-electron chi connectivity index (χ4n) is 6.64. The second-order valence-electron chi connectivity index (χ2n) is 11.5. The van der Waals surface area contributed by atoms with Crippen molar-refractivity contribution in [3.8, 4) is 0 Å². The standard InChI is InChI=1S/C31H38FN3O3/c1-19(2)21-9-11-23(12-10-21)29(22-7-5-4-6-8-22)33-30(37)28-15-25(32)17-35(28)31(38)26-14-13-24-16-34(20(3)36)18-27(24)26/h4-12,19,24-29H,13-18H2,1-3H3,(H,33,37). The Kier molecular flexibility index (Phi) is 7.55. The maximum absolute atomic E-state index is 14.7. The highest BCUT2D eigenvalue weighted by Gasteiger charge is 2.50. The number of likely N-dealkylation sites (tertiary alicyclic amines) is 2. The minimum Gasteiger partial charge on any atom is -0.343 e. The Morgan fingerprint density at radius 1 is 0.895 bits per heavy atom. The molecule has 3 amide bonds. The molecular formula is C31H38FN3O3. The zero-order valence-corrected chi connectivity index (χ0v) is 22.5. The van der Waals surface area contributed by atoms with Gasteiger partial charge in [0, 0.05) is 32.4 Å². The van der Waals surface area contributed by atoms with E-state index in [-0.39, 0.29) is 42.5 Å². The number of rotatable bonds is 6. The second kappa shape index (κ2) is 10.9. The van der Waals surface area contributed by atoms with Gasteiger partial charge in [-0.2, -0.15) is 0 Å². The average molecular weight is 520 g/mol. The van der Waals surface area contributed by atoms with E-state index >= 15 is 0 Å². The lowest BCUT2D eigenvalue weighted by molar-refractivity contribution is -0.143. The minimum atomic E-state index is -1.23. The van der Waals surface area contributed by atoms with Gasteiger partial charge in [0.2, 0.25) is 17.7 Å². The number of alkyl halides is 1. The Balaban J connectivity index is 1.35. The third kappa shape index (κ3) is 5.20. The van der Waals surface area contributed by atoms with Crippen molar-refractivity contribution in [2.24, 2.45) is 17.8 Å². The molecule has 6 atom stereocenters. The molecule has 2 aliphatic heterocycles. The quantitative estimate of drug-likeness (QED) is 0.613. The fourth-order valence-corrected chi connectivity index (χ4v) is 6.64. The number of benzene rings is 2. The number of halogens is 1. The molecule has 0 bridgehead atoms. The van der Waals surface area contributed by atoms with Crippen molar-refractivity contribution in [1.82, 2.24) is 15.1 Å². The number of hydrogen-bond acceptors (Lipinski definition) is 3. The molecule has 3 fully saturated rings. The van der Waals surface area contributed by atoms with Gasteiger partial charge in [-0.15, -0.1) is 0 Å². The monoisotopic (exact) mass is 519 g/mol. The van der Waals surface area contributed by atoms with E-state index in [0.29, 0.717) is 24.9 Å². The minimum absolute atomic E-state index is 0.00571. The van der Waals surface area contributed by atoms with Crippen LogP contribution < -0.4 is 5.32 Å². The summed E-state index contributed by atoms with van der Waals surface area (Å²) in [6, 6.07) is 16.7. The van der Waals surface area contributed by atoms with E-state index < -0.39 is 18.3 Å². The molecule has 0 aromatic heterocycles. The van der Waals surface area contributed by atoms with Gasteiger partial charge >= 0.3 is 0 Å². The number of fused-ring (bicyclic) bond motifs is 1. The molecule has 1 N–H and O–H groups in total. The summed E-state index contributed by atoms with van der Waals surface area (Å²) in [6.07, 6.45) is 0.393. The van der Waals surface area contributed by atoms with Gasteiger partial charge in [0.05, 0.1) is 12.6 Å². The maximum Gasteiger partial charge on any atom is 0.243 e. The Labute approximate surface area is 224 Å². The van der Waals surface area contributed by atoms with Crippen LogP contribution in [-0.2, 0) is 14.4 Å². The van der Waals surface area contributed by atoms with Gasteiger partial charge in [0.15, 0.2) is 0 Å². The van der Waals surface area contributed by atoms with Crippen molar-refractivity contribution in [3.05, 3.63) is 71.3 Å². The molecule has 6 unspecified atom stereocenters. The summed E-state index contributed by atoms with van der Waals surface area (Å²) < 4.78 is 14.7. The first-order chi connectivity index (χ1) is 18.2. The molecule has 1 saturated carbocycles. The summed E-state index contributed by atoms with van der Waals surface area (Å²) in [4.78, 5) is 42.6. The van der Waals surface area contributed by atoms with Crippen molar-refractivity contribution in [1.29, 1.82) is 0 Å². The van der Waals surface area contributed by atoms with Crippen LogP contribution in [-0.4, -0.2) is 59.4 Å². The van der Waals surface area contributed by atoms with Gasteiger partial charge in [0.25, 0.3) is 0 Å². The fraction of sp³-hybridized carbons (Fsp3) is 0.516. The van der Waals surface area contributed by atoms with Crippen LogP contribution in [0, 0.1) is 17.8 Å². The van der Waals surface area contributed by atoms with Crippen LogP contribution in [0.5, 0.6) is 0 Å². The van der Waals surface area contributed by atoms with E-state index in [4.69, 9.17) is 0 Å². The maximum atomic E-state index is 14.7. The molecule has 5 rings (SSSR count). The van der Waals surface area contributed by atoms with E-state index in [1.165, 1.54) is 10.5 Å². The molecule has 6 nitrogen and oxygen atoms in total. The smallest absolute Gasteiger partial charge is 0.243 e. The highest BCUT2D eigenvalue weighted by molar-refractivity contribution is 5.90. The summed E-state index contributed by atoms with van der Waals surface area (Å²) in [7, 11) is 0. The Morgan fingerprint density at radius 3 is 2.21 bits per heavy atom. The van der Waals surface area contributed by atoms with E-state index in [2.05, 4.69) is 31.3 Å². The molecule has 3 aliphatic rings. The van der Waals surface area contributed by atoms with Gasteiger partial charge in [-0.1, -0.05) is 68.4 Å². The van der Waals surface area contributed by atoms with Crippen LogP contribution in [0.1, 0.15) is 68.7 Å². The molecule has 2 heterocycles. The van der Waals surface area contributed by atoms with Crippen LogP contribution in [0.25, 0.3) is 0 Å². The second-order valence-corrected chi connectivity index (χ2v) is 11.5. The zero-order chi connectivity index (χ0) is 27.0. The number of nitrogens with zero attached hydrogens (tertiary/aromatic N) is 2. The van der Waals surface area contributed by atoms with Gasteiger partial charge in [-0.3, -0.25) is 14.4 Å². The Bertz CT molecular complexity index is 1170. The third-order valence-corrected chi connectivity index (χ3v) is 8.81. The van der Waals surface area contributed by atoms with Gasteiger partial charge in [0.1, 0.15) is 12.2 Å². The molecule has 202 valence electrons.